The Morgan fingerprint density at radius 2 is 2.00 bits per heavy atom. The molecule has 0 aliphatic rings. The molecule has 0 saturated heterocycles. The van der Waals surface area contributed by atoms with Gasteiger partial charge in [0.2, 0.25) is 0 Å². The third-order valence-corrected chi connectivity index (χ3v) is 4.81. The summed E-state index contributed by atoms with van der Waals surface area (Å²) in [7, 11) is 1.61. The van der Waals surface area contributed by atoms with Crippen molar-refractivity contribution in [3.8, 4) is 0 Å². The summed E-state index contributed by atoms with van der Waals surface area (Å²) in [5.74, 6) is -2.09. The SMILES string of the molecule is Cc1cc(NC(=O)c2cccc(F)c2)sc1C(=O)N(C)CCCC(=O)O. The van der Waals surface area contributed by atoms with E-state index in [-0.39, 0.29) is 17.9 Å². The van der Waals surface area contributed by atoms with Crippen molar-refractivity contribution in [1.82, 2.24) is 4.90 Å². The number of carbonyl (C=O) groups excluding carboxylic acids is 2. The summed E-state index contributed by atoms with van der Waals surface area (Å²) >= 11 is 1.13. The van der Waals surface area contributed by atoms with Crippen LogP contribution >= 0.6 is 11.3 Å². The van der Waals surface area contributed by atoms with E-state index in [1.807, 2.05) is 0 Å². The van der Waals surface area contributed by atoms with Crippen molar-refractivity contribution in [3.05, 3.63) is 52.2 Å². The van der Waals surface area contributed by atoms with E-state index in [9.17, 15) is 18.8 Å². The summed E-state index contributed by atoms with van der Waals surface area (Å²) in [4.78, 5) is 37.1. The lowest BCUT2D eigenvalue weighted by atomic mass is 10.2. The fourth-order valence-corrected chi connectivity index (χ4v) is 3.37. The Labute approximate surface area is 154 Å². The van der Waals surface area contributed by atoms with Crippen molar-refractivity contribution < 1.29 is 23.9 Å². The average molecular weight is 378 g/mol. The standard InChI is InChI=1S/C18H19FN2O4S/c1-11-9-14(20-17(24)12-5-3-6-13(19)10-12)26-16(11)18(25)21(2)8-4-7-15(22)23/h3,5-6,9-10H,4,7-8H2,1-2H3,(H,20,24)(H,22,23). The molecule has 0 bridgehead atoms. The molecule has 6 nitrogen and oxygen atoms in total. The molecule has 26 heavy (non-hydrogen) atoms. The van der Waals surface area contributed by atoms with Gasteiger partial charge in [-0.2, -0.15) is 0 Å². The summed E-state index contributed by atoms with van der Waals surface area (Å²) in [6.07, 6.45) is 0.362. The molecule has 2 aromatic rings. The number of thiophene rings is 1. The normalized spacial score (nSPS) is 10.4. The van der Waals surface area contributed by atoms with E-state index in [0.29, 0.717) is 28.4 Å². The van der Waals surface area contributed by atoms with Crippen LogP contribution in [0, 0.1) is 12.7 Å². The summed E-state index contributed by atoms with van der Waals surface area (Å²) < 4.78 is 13.2. The van der Waals surface area contributed by atoms with Gasteiger partial charge in [0.15, 0.2) is 0 Å². The third-order valence-electron chi connectivity index (χ3n) is 3.67. The highest BCUT2D eigenvalue weighted by Gasteiger charge is 2.19. The van der Waals surface area contributed by atoms with Crippen LogP contribution in [0.3, 0.4) is 0 Å². The van der Waals surface area contributed by atoms with Crippen molar-refractivity contribution in [3.63, 3.8) is 0 Å². The molecule has 0 aliphatic heterocycles. The van der Waals surface area contributed by atoms with E-state index >= 15 is 0 Å². The van der Waals surface area contributed by atoms with Gasteiger partial charge in [0.05, 0.1) is 9.88 Å². The van der Waals surface area contributed by atoms with Crippen LogP contribution in [0.25, 0.3) is 0 Å². The molecule has 0 fully saturated rings. The van der Waals surface area contributed by atoms with Crippen molar-refractivity contribution in [1.29, 1.82) is 0 Å². The fourth-order valence-electron chi connectivity index (χ4n) is 2.31. The van der Waals surface area contributed by atoms with E-state index in [1.54, 1.807) is 20.0 Å². The number of benzene rings is 1. The first-order valence-electron chi connectivity index (χ1n) is 7.92. The minimum atomic E-state index is -0.902. The molecule has 138 valence electrons. The number of rotatable bonds is 7. The molecule has 0 saturated carbocycles. The number of anilines is 1. The number of nitrogens with one attached hydrogen (secondary N) is 1. The molecule has 2 N–H and O–H groups in total. The van der Waals surface area contributed by atoms with Crippen molar-refractivity contribution in [2.45, 2.75) is 19.8 Å². The number of aryl methyl sites for hydroxylation is 1. The van der Waals surface area contributed by atoms with Crippen LogP contribution in [0.2, 0.25) is 0 Å². The number of halogens is 1. The molecule has 2 amide bonds. The number of carbonyl (C=O) groups is 3. The van der Waals surface area contributed by atoms with E-state index in [4.69, 9.17) is 5.11 Å². The molecule has 0 aliphatic carbocycles. The van der Waals surface area contributed by atoms with Gasteiger partial charge in [0, 0.05) is 25.6 Å². The van der Waals surface area contributed by atoms with Gasteiger partial charge in [-0.15, -0.1) is 11.3 Å². The van der Waals surface area contributed by atoms with Gasteiger partial charge >= 0.3 is 5.97 Å². The third kappa shape index (κ3) is 5.13. The van der Waals surface area contributed by atoms with Gasteiger partial charge in [0.25, 0.3) is 11.8 Å². The lowest BCUT2D eigenvalue weighted by Crippen LogP contribution is -2.27. The van der Waals surface area contributed by atoms with Crippen LogP contribution < -0.4 is 5.32 Å². The van der Waals surface area contributed by atoms with Crippen LogP contribution in [-0.4, -0.2) is 41.4 Å². The minimum absolute atomic E-state index is 0.00398. The Balaban J connectivity index is 2.04. The van der Waals surface area contributed by atoms with Crippen molar-refractivity contribution in [2.75, 3.05) is 18.9 Å². The average Bonchev–Trinajstić information content (AvgIpc) is 2.93. The Morgan fingerprint density at radius 1 is 1.27 bits per heavy atom. The Kier molecular flexibility index (Phi) is 6.46. The monoisotopic (exact) mass is 378 g/mol. The van der Waals surface area contributed by atoms with Crippen LogP contribution in [0.5, 0.6) is 0 Å². The number of amides is 2. The molecule has 0 spiro atoms. The first-order valence-corrected chi connectivity index (χ1v) is 8.74. The number of aliphatic carboxylic acids is 1. The van der Waals surface area contributed by atoms with Gasteiger partial charge in [0.1, 0.15) is 5.82 Å². The fraction of sp³-hybridized carbons (Fsp3) is 0.278. The first kappa shape index (κ1) is 19.6. The maximum atomic E-state index is 13.2. The van der Waals surface area contributed by atoms with E-state index in [0.717, 1.165) is 17.4 Å². The predicted molar refractivity (Wildman–Crippen MR) is 97.2 cm³/mol. The molecular formula is C18H19FN2O4S. The quantitative estimate of drug-likeness (QED) is 0.773. The number of carboxylic acids is 1. The topological polar surface area (TPSA) is 86.7 Å². The molecule has 0 unspecified atom stereocenters. The molecule has 0 atom stereocenters. The van der Waals surface area contributed by atoms with Gasteiger partial charge in [-0.1, -0.05) is 6.07 Å². The molecule has 2 rings (SSSR count). The zero-order valence-electron chi connectivity index (χ0n) is 14.4. The Hall–Kier alpha value is -2.74. The molecule has 8 heteroatoms. The van der Waals surface area contributed by atoms with Gasteiger partial charge in [-0.25, -0.2) is 4.39 Å². The lowest BCUT2D eigenvalue weighted by Gasteiger charge is -2.16. The minimum Gasteiger partial charge on any atom is -0.481 e. The zero-order chi connectivity index (χ0) is 19.3. The van der Waals surface area contributed by atoms with Crippen LogP contribution in [0.15, 0.2) is 30.3 Å². The van der Waals surface area contributed by atoms with E-state index in [1.165, 1.54) is 23.1 Å². The predicted octanol–water partition coefficient (Wildman–Crippen LogP) is 3.38. The lowest BCUT2D eigenvalue weighted by molar-refractivity contribution is -0.137. The Morgan fingerprint density at radius 3 is 2.65 bits per heavy atom. The molecule has 1 aromatic heterocycles. The highest BCUT2D eigenvalue weighted by Crippen LogP contribution is 2.28. The molecule has 0 radical (unpaired) electrons. The number of nitrogens with zero attached hydrogens (tertiary/aromatic N) is 1. The summed E-state index contributed by atoms with van der Waals surface area (Å²) in [6.45, 7) is 2.08. The summed E-state index contributed by atoms with van der Waals surface area (Å²) in [6, 6.07) is 7.02. The van der Waals surface area contributed by atoms with Crippen LogP contribution in [-0.2, 0) is 4.79 Å². The number of carboxylic acid groups (broad SMARTS) is 1. The first-order chi connectivity index (χ1) is 12.3. The van der Waals surface area contributed by atoms with Crippen LogP contribution in [0.1, 0.15) is 38.4 Å². The van der Waals surface area contributed by atoms with Crippen molar-refractivity contribution in [2.24, 2.45) is 0 Å². The van der Waals surface area contributed by atoms with E-state index < -0.39 is 17.7 Å². The second-order valence-corrected chi connectivity index (χ2v) is 6.86. The van der Waals surface area contributed by atoms with E-state index in [2.05, 4.69) is 5.32 Å². The number of hydrogen-bond acceptors (Lipinski definition) is 4. The number of hydrogen-bond donors (Lipinski definition) is 2. The zero-order valence-corrected chi connectivity index (χ0v) is 15.2. The maximum absolute atomic E-state index is 13.2. The second kappa shape index (κ2) is 8.57. The van der Waals surface area contributed by atoms with Gasteiger partial charge in [-0.05, 0) is 43.2 Å². The van der Waals surface area contributed by atoms with Gasteiger partial charge < -0.3 is 15.3 Å². The summed E-state index contributed by atoms with van der Waals surface area (Å²) in [5.41, 5.74) is 0.898. The van der Waals surface area contributed by atoms with Crippen molar-refractivity contribution >= 4 is 34.1 Å². The largest absolute Gasteiger partial charge is 0.481 e. The van der Waals surface area contributed by atoms with Gasteiger partial charge in [-0.3, -0.25) is 14.4 Å². The van der Waals surface area contributed by atoms with Crippen LogP contribution in [0.4, 0.5) is 9.39 Å². The molecule has 1 aromatic carbocycles. The smallest absolute Gasteiger partial charge is 0.303 e. The Bertz CT molecular complexity index is 834. The highest BCUT2D eigenvalue weighted by atomic mass is 32.1. The maximum Gasteiger partial charge on any atom is 0.303 e. The second-order valence-electron chi connectivity index (χ2n) is 5.81. The summed E-state index contributed by atoms with van der Waals surface area (Å²) in [5, 5.41) is 11.8. The highest BCUT2D eigenvalue weighted by molar-refractivity contribution is 7.18. The molecule has 1 heterocycles. The molecular weight excluding hydrogens is 359 g/mol.